The summed E-state index contributed by atoms with van der Waals surface area (Å²) in [6, 6.07) is 0. The van der Waals surface area contributed by atoms with Gasteiger partial charge in [0.1, 0.15) is 0 Å². The Morgan fingerprint density at radius 3 is 2.54 bits per heavy atom. The van der Waals surface area contributed by atoms with Crippen molar-refractivity contribution in [3.05, 3.63) is 0 Å². The predicted octanol–water partition coefficient (Wildman–Crippen LogP) is 2.93. The van der Waals surface area contributed by atoms with Crippen molar-refractivity contribution < 1.29 is 14.6 Å². The van der Waals surface area contributed by atoms with E-state index in [2.05, 4.69) is 29.5 Å². The van der Waals surface area contributed by atoms with Crippen LogP contribution in [0.4, 0.5) is 0 Å². The van der Waals surface area contributed by atoms with Crippen LogP contribution in [0.15, 0.2) is 4.99 Å². The number of halogens is 1. The second-order valence-electron chi connectivity index (χ2n) is 7.00. The zero-order valence-electron chi connectivity index (χ0n) is 16.9. The van der Waals surface area contributed by atoms with Crippen LogP contribution < -0.4 is 10.6 Å². The minimum atomic E-state index is -0.682. The summed E-state index contributed by atoms with van der Waals surface area (Å²) in [5.41, 5.74) is -0.682. The maximum atomic E-state index is 10.7. The number of rotatable bonds is 13. The number of nitrogens with zero attached hydrogens (tertiary/aromatic N) is 1. The topological polar surface area (TPSA) is 75.1 Å². The second-order valence-corrected chi connectivity index (χ2v) is 7.00. The fourth-order valence-electron chi connectivity index (χ4n) is 3.13. The molecule has 0 aromatic heterocycles. The Hall–Kier alpha value is -0.120. The predicted molar refractivity (Wildman–Crippen MR) is 119 cm³/mol. The first kappa shape index (κ1) is 25.9. The van der Waals surface area contributed by atoms with Gasteiger partial charge in [-0.1, -0.05) is 26.7 Å². The number of hydrogen-bond acceptors (Lipinski definition) is 4. The molecule has 1 aliphatic heterocycles. The SMILES string of the molecule is CCCC(O)(CCC)CN=C(NCC)NCCCOCC1CCOC1.I. The lowest BCUT2D eigenvalue weighted by atomic mass is 9.93. The van der Waals surface area contributed by atoms with Crippen molar-refractivity contribution in [1.29, 1.82) is 0 Å². The molecule has 156 valence electrons. The molecule has 1 unspecified atom stereocenters. The molecule has 1 aliphatic rings. The average Bonchev–Trinajstić information content (AvgIpc) is 3.09. The highest BCUT2D eigenvalue weighted by atomic mass is 127. The summed E-state index contributed by atoms with van der Waals surface area (Å²) in [6.07, 6.45) is 5.59. The highest BCUT2D eigenvalue weighted by Crippen LogP contribution is 2.19. The van der Waals surface area contributed by atoms with Gasteiger partial charge in [0.2, 0.25) is 0 Å². The number of aliphatic hydroxyl groups is 1. The van der Waals surface area contributed by atoms with Crippen LogP contribution in [0.2, 0.25) is 0 Å². The number of aliphatic imine (C=N–C) groups is 1. The van der Waals surface area contributed by atoms with Crippen molar-refractivity contribution >= 4 is 29.9 Å². The molecule has 1 heterocycles. The highest BCUT2D eigenvalue weighted by Gasteiger charge is 2.24. The van der Waals surface area contributed by atoms with Crippen molar-refractivity contribution in [3.8, 4) is 0 Å². The summed E-state index contributed by atoms with van der Waals surface area (Å²) in [5.74, 6) is 1.35. The van der Waals surface area contributed by atoms with Gasteiger partial charge in [-0.3, -0.25) is 4.99 Å². The van der Waals surface area contributed by atoms with Crippen LogP contribution in [0.25, 0.3) is 0 Å². The van der Waals surface area contributed by atoms with Crippen molar-refractivity contribution in [3.63, 3.8) is 0 Å². The van der Waals surface area contributed by atoms with Crippen molar-refractivity contribution in [1.82, 2.24) is 10.6 Å². The Labute approximate surface area is 176 Å². The van der Waals surface area contributed by atoms with Crippen LogP contribution in [0.3, 0.4) is 0 Å². The smallest absolute Gasteiger partial charge is 0.191 e. The van der Waals surface area contributed by atoms with Crippen LogP contribution in [-0.2, 0) is 9.47 Å². The fourth-order valence-corrected chi connectivity index (χ4v) is 3.13. The molecule has 1 rings (SSSR count). The van der Waals surface area contributed by atoms with Crippen molar-refractivity contribution in [2.24, 2.45) is 10.9 Å². The van der Waals surface area contributed by atoms with Gasteiger partial charge in [-0.15, -0.1) is 24.0 Å². The van der Waals surface area contributed by atoms with Crippen molar-refractivity contribution in [2.45, 2.75) is 64.9 Å². The minimum Gasteiger partial charge on any atom is -0.388 e. The molecular weight excluding hydrogens is 445 g/mol. The molecule has 0 aromatic rings. The monoisotopic (exact) mass is 485 g/mol. The first-order valence-electron chi connectivity index (χ1n) is 10.0. The number of ether oxygens (including phenoxy) is 2. The first-order valence-corrected chi connectivity index (χ1v) is 10.0. The third kappa shape index (κ3) is 11.6. The van der Waals surface area contributed by atoms with Gasteiger partial charge in [-0.05, 0) is 32.6 Å². The zero-order chi connectivity index (χ0) is 18.4. The maximum absolute atomic E-state index is 10.7. The van der Waals surface area contributed by atoms with Gasteiger partial charge >= 0.3 is 0 Å². The van der Waals surface area contributed by atoms with E-state index >= 15 is 0 Å². The third-order valence-electron chi connectivity index (χ3n) is 4.44. The van der Waals surface area contributed by atoms with Gasteiger partial charge < -0.3 is 25.2 Å². The maximum Gasteiger partial charge on any atom is 0.191 e. The molecule has 1 atom stereocenters. The van der Waals surface area contributed by atoms with Crippen LogP contribution in [-0.4, -0.2) is 62.7 Å². The molecule has 6 nitrogen and oxygen atoms in total. The van der Waals surface area contributed by atoms with Gasteiger partial charge in [0.15, 0.2) is 5.96 Å². The summed E-state index contributed by atoms with van der Waals surface area (Å²) in [7, 11) is 0. The molecule has 3 N–H and O–H groups in total. The number of guanidine groups is 1. The van der Waals surface area contributed by atoms with E-state index in [0.717, 1.165) is 84.0 Å². The third-order valence-corrected chi connectivity index (χ3v) is 4.44. The van der Waals surface area contributed by atoms with Gasteiger partial charge in [-0.2, -0.15) is 0 Å². The van der Waals surface area contributed by atoms with Gasteiger partial charge in [0.05, 0.1) is 25.4 Å². The Morgan fingerprint density at radius 1 is 1.23 bits per heavy atom. The summed E-state index contributed by atoms with van der Waals surface area (Å²) >= 11 is 0. The van der Waals surface area contributed by atoms with Crippen LogP contribution in [0, 0.1) is 5.92 Å². The van der Waals surface area contributed by atoms with Crippen LogP contribution in [0.1, 0.15) is 59.3 Å². The molecule has 0 bridgehead atoms. The van der Waals surface area contributed by atoms with E-state index in [0.29, 0.717) is 12.5 Å². The van der Waals surface area contributed by atoms with Crippen LogP contribution >= 0.6 is 24.0 Å². The molecule has 1 fully saturated rings. The lowest BCUT2D eigenvalue weighted by Crippen LogP contribution is -2.40. The second kappa shape index (κ2) is 15.9. The van der Waals surface area contributed by atoms with Gasteiger partial charge in [0.25, 0.3) is 0 Å². The quantitative estimate of drug-likeness (QED) is 0.162. The van der Waals surface area contributed by atoms with E-state index < -0.39 is 5.60 Å². The molecule has 0 aliphatic carbocycles. The lowest BCUT2D eigenvalue weighted by molar-refractivity contribution is 0.0306. The van der Waals surface area contributed by atoms with E-state index in [4.69, 9.17) is 9.47 Å². The van der Waals surface area contributed by atoms with E-state index in [1.54, 1.807) is 0 Å². The molecule has 26 heavy (non-hydrogen) atoms. The molecule has 0 aromatic carbocycles. The van der Waals surface area contributed by atoms with Gasteiger partial charge in [-0.25, -0.2) is 0 Å². The average molecular weight is 485 g/mol. The number of hydrogen-bond donors (Lipinski definition) is 3. The first-order chi connectivity index (χ1) is 12.1. The summed E-state index contributed by atoms with van der Waals surface area (Å²) in [6.45, 7) is 11.6. The van der Waals surface area contributed by atoms with E-state index in [-0.39, 0.29) is 24.0 Å². The van der Waals surface area contributed by atoms with Crippen LogP contribution in [0.5, 0.6) is 0 Å². The van der Waals surface area contributed by atoms with Crippen molar-refractivity contribution in [2.75, 3.05) is 46.1 Å². The molecule has 0 radical (unpaired) electrons. The fraction of sp³-hybridized carbons (Fsp3) is 0.947. The Kier molecular flexibility index (Phi) is 15.8. The van der Waals surface area contributed by atoms with E-state index in [1.165, 1.54) is 0 Å². The molecular formula is C19H40IN3O3. The number of nitrogens with one attached hydrogen (secondary N) is 2. The molecule has 1 saturated heterocycles. The Balaban J connectivity index is 0.00000625. The summed E-state index contributed by atoms with van der Waals surface area (Å²) in [5, 5.41) is 17.3. The Morgan fingerprint density at radius 2 is 1.96 bits per heavy atom. The molecule has 0 amide bonds. The van der Waals surface area contributed by atoms with E-state index in [9.17, 15) is 5.11 Å². The largest absolute Gasteiger partial charge is 0.388 e. The standard InChI is InChI=1S/C19H39N3O3.HI/c1-4-9-19(23,10-5-2)16-22-18(20-6-3)21-11-7-12-24-14-17-8-13-25-15-17;/h17,23H,4-16H2,1-3H3,(H2,20,21,22);1H. The minimum absolute atomic E-state index is 0. The molecule has 0 saturated carbocycles. The zero-order valence-corrected chi connectivity index (χ0v) is 19.2. The summed E-state index contributed by atoms with van der Waals surface area (Å²) < 4.78 is 11.1. The summed E-state index contributed by atoms with van der Waals surface area (Å²) in [4.78, 5) is 4.59. The van der Waals surface area contributed by atoms with E-state index in [1.807, 2.05) is 6.92 Å². The Bertz CT molecular complexity index is 358. The van der Waals surface area contributed by atoms with Gasteiger partial charge in [0, 0.05) is 32.2 Å². The normalized spacial score (nSPS) is 17.8. The lowest BCUT2D eigenvalue weighted by Gasteiger charge is -2.26. The highest BCUT2D eigenvalue weighted by molar-refractivity contribution is 14.0. The molecule has 7 heteroatoms. The molecule has 0 spiro atoms.